The quantitative estimate of drug-likeness (QED) is 0.575. The number of anilines is 1. The van der Waals surface area contributed by atoms with E-state index >= 15 is 0 Å². The second-order valence-electron chi connectivity index (χ2n) is 10.7. The number of esters is 1. The number of ether oxygens (including phenoxy) is 1. The van der Waals surface area contributed by atoms with Gasteiger partial charge in [-0.2, -0.15) is 0 Å². The molecule has 5 aliphatic rings. The molecule has 0 amide bonds. The Balaban J connectivity index is 1.16. The molecule has 2 aromatic rings. The smallest absolute Gasteiger partial charge is 0.338 e. The Morgan fingerprint density at radius 1 is 0.941 bits per heavy atom. The summed E-state index contributed by atoms with van der Waals surface area (Å²) in [6, 6.07) is 13.4. The summed E-state index contributed by atoms with van der Waals surface area (Å²) in [7, 11) is -3.81. The predicted octanol–water partition coefficient (Wildman–Crippen LogP) is 4.38. The number of ketones is 1. The van der Waals surface area contributed by atoms with Crippen molar-refractivity contribution in [1.82, 2.24) is 0 Å². The monoisotopic (exact) mass is 479 g/mol. The van der Waals surface area contributed by atoms with Crippen molar-refractivity contribution in [2.45, 2.75) is 49.8 Å². The average molecular weight is 480 g/mol. The van der Waals surface area contributed by atoms with E-state index in [0.29, 0.717) is 36.4 Å². The molecule has 4 fully saturated rings. The predicted molar refractivity (Wildman–Crippen MR) is 127 cm³/mol. The maximum Gasteiger partial charge on any atom is 0.338 e. The fraction of sp³-hybridized carbons (Fsp3) is 0.481. The van der Waals surface area contributed by atoms with Gasteiger partial charge in [0.25, 0.3) is 10.0 Å². The normalized spacial score (nSPS) is 29.2. The van der Waals surface area contributed by atoms with E-state index in [0.717, 1.165) is 24.8 Å². The van der Waals surface area contributed by atoms with E-state index in [1.165, 1.54) is 41.8 Å². The first-order valence-corrected chi connectivity index (χ1v) is 13.7. The maximum absolute atomic E-state index is 13.3. The number of hydrogen-bond acceptors (Lipinski definition) is 5. The number of sulfonamides is 1. The third-order valence-electron chi connectivity index (χ3n) is 8.47. The van der Waals surface area contributed by atoms with E-state index in [-0.39, 0.29) is 28.3 Å². The molecule has 4 saturated carbocycles. The van der Waals surface area contributed by atoms with E-state index < -0.39 is 16.0 Å². The van der Waals surface area contributed by atoms with Crippen LogP contribution in [-0.4, -0.2) is 33.3 Å². The Bertz CT molecular complexity index is 1230. The number of carbonyl (C=O) groups is 2. The summed E-state index contributed by atoms with van der Waals surface area (Å²) in [4.78, 5) is 26.0. The molecular formula is C27H29NO5S. The Morgan fingerprint density at radius 3 is 2.32 bits per heavy atom. The van der Waals surface area contributed by atoms with Gasteiger partial charge in [-0.25, -0.2) is 13.2 Å². The van der Waals surface area contributed by atoms with Crippen molar-refractivity contribution in [3.63, 3.8) is 0 Å². The number of rotatable bonds is 6. The van der Waals surface area contributed by atoms with Gasteiger partial charge in [0, 0.05) is 12.0 Å². The molecular weight excluding hydrogens is 450 g/mol. The minimum absolute atomic E-state index is 0.0393. The van der Waals surface area contributed by atoms with Crippen LogP contribution >= 0.6 is 0 Å². The summed E-state index contributed by atoms with van der Waals surface area (Å²) in [5.41, 5.74) is 1.50. The SMILES string of the molecule is O=C(OCC(=O)C12CC3CC(CC(C3)C1)C2)c1cccc(S(=O)(=O)N2CCc3ccccc32)c1. The van der Waals surface area contributed by atoms with Gasteiger partial charge < -0.3 is 4.74 Å². The molecule has 0 spiro atoms. The minimum atomic E-state index is -3.81. The van der Waals surface area contributed by atoms with Crippen LogP contribution in [0.1, 0.15) is 54.4 Å². The zero-order valence-corrected chi connectivity index (χ0v) is 19.9. The van der Waals surface area contributed by atoms with Crippen molar-refractivity contribution in [2.75, 3.05) is 17.5 Å². The molecule has 0 saturated heterocycles. The van der Waals surface area contributed by atoms with Crippen molar-refractivity contribution >= 4 is 27.5 Å². The molecule has 0 unspecified atom stereocenters. The van der Waals surface area contributed by atoms with Crippen molar-refractivity contribution in [3.05, 3.63) is 59.7 Å². The first-order valence-electron chi connectivity index (χ1n) is 12.3. The van der Waals surface area contributed by atoms with Crippen molar-refractivity contribution < 1.29 is 22.7 Å². The Kier molecular flexibility index (Phi) is 5.10. The highest BCUT2D eigenvalue weighted by molar-refractivity contribution is 7.92. The van der Waals surface area contributed by atoms with Crippen molar-refractivity contribution in [1.29, 1.82) is 0 Å². The molecule has 178 valence electrons. The van der Waals surface area contributed by atoms with Crippen LogP contribution in [0.5, 0.6) is 0 Å². The number of benzene rings is 2. The summed E-state index contributed by atoms with van der Waals surface area (Å²) in [6.07, 6.45) is 7.18. The van der Waals surface area contributed by atoms with Crippen LogP contribution in [0.2, 0.25) is 0 Å². The van der Waals surface area contributed by atoms with Gasteiger partial charge in [-0.15, -0.1) is 0 Å². The lowest BCUT2D eigenvalue weighted by molar-refractivity contribution is -0.147. The number of hydrogen-bond donors (Lipinski definition) is 0. The van der Waals surface area contributed by atoms with E-state index in [9.17, 15) is 18.0 Å². The molecule has 1 aliphatic heterocycles. The van der Waals surface area contributed by atoms with Gasteiger partial charge in [0.1, 0.15) is 0 Å². The van der Waals surface area contributed by atoms with Gasteiger partial charge in [0.2, 0.25) is 0 Å². The largest absolute Gasteiger partial charge is 0.454 e. The molecule has 6 nitrogen and oxygen atoms in total. The van der Waals surface area contributed by atoms with Crippen LogP contribution in [0.4, 0.5) is 5.69 Å². The van der Waals surface area contributed by atoms with Crippen LogP contribution in [0.3, 0.4) is 0 Å². The fourth-order valence-electron chi connectivity index (χ4n) is 7.29. The summed E-state index contributed by atoms with van der Waals surface area (Å²) in [5.74, 6) is 1.31. The highest BCUT2D eigenvalue weighted by Gasteiger charge is 2.54. The fourth-order valence-corrected chi connectivity index (χ4v) is 8.84. The molecule has 0 radical (unpaired) electrons. The van der Waals surface area contributed by atoms with Crippen LogP contribution in [0.15, 0.2) is 53.4 Å². The molecule has 7 rings (SSSR count). The van der Waals surface area contributed by atoms with E-state index in [2.05, 4.69) is 0 Å². The molecule has 0 aromatic heterocycles. The summed E-state index contributed by atoms with van der Waals surface area (Å²) < 4.78 is 33.5. The number of carbonyl (C=O) groups excluding carboxylic acids is 2. The standard InChI is InChI=1S/C27H29NO5S/c29-25(27-14-18-10-19(15-27)12-20(11-18)16-27)17-33-26(30)22-5-3-6-23(13-22)34(31,32)28-9-8-21-4-1-2-7-24(21)28/h1-7,13,18-20H,8-12,14-17H2. The van der Waals surface area contributed by atoms with Crippen LogP contribution in [-0.2, 0) is 26.0 Å². The zero-order valence-electron chi connectivity index (χ0n) is 19.1. The summed E-state index contributed by atoms with van der Waals surface area (Å²) in [6.45, 7) is 0.136. The first-order chi connectivity index (χ1) is 16.3. The van der Waals surface area contributed by atoms with Gasteiger partial charge in [0.05, 0.1) is 16.1 Å². The van der Waals surface area contributed by atoms with Gasteiger partial charge in [-0.3, -0.25) is 9.10 Å². The number of fused-ring (bicyclic) bond motifs is 1. The highest BCUT2D eigenvalue weighted by Crippen LogP contribution is 2.60. The van der Waals surface area contributed by atoms with Crippen LogP contribution in [0.25, 0.3) is 0 Å². The number of nitrogens with zero attached hydrogens (tertiary/aromatic N) is 1. The third kappa shape index (κ3) is 3.56. The lowest BCUT2D eigenvalue weighted by Crippen LogP contribution is -2.51. The number of Topliss-reactive ketones (excluding diaryl/α,β-unsaturated/α-hetero) is 1. The highest BCUT2D eigenvalue weighted by atomic mass is 32.2. The van der Waals surface area contributed by atoms with Crippen molar-refractivity contribution in [2.24, 2.45) is 23.2 Å². The topological polar surface area (TPSA) is 80.8 Å². The van der Waals surface area contributed by atoms with Gasteiger partial charge in [0.15, 0.2) is 12.4 Å². The second-order valence-corrected chi connectivity index (χ2v) is 12.5. The third-order valence-corrected chi connectivity index (χ3v) is 10.3. The van der Waals surface area contributed by atoms with Gasteiger partial charge in [-0.1, -0.05) is 24.3 Å². The van der Waals surface area contributed by atoms with Crippen LogP contribution < -0.4 is 4.31 Å². The summed E-state index contributed by atoms with van der Waals surface area (Å²) >= 11 is 0. The Hall–Kier alpha value is -2.67. The molecule has 0 N–H and O–H groups in total. The van der Waals surface area contributed by atoms with Gasteiger partial charge in [-0.05, 0) is 92.5 Å². The van der Waals surface area contributed by atoms with E-state index in [4.69, 9.17) is 4.74 Å². The number of para-hydroxylation sites is 1. The Morgan fingerprint density at radius 2 is 1.62 bits per heavy atom. The molecule has 2 aromatic carbocycles. The van der Waals surface area contributed by atoms with Gasteiger partial charge >= 0.3 is 5.97 Å². The van der Waals surface area contributed by atoms with Crippen LogP contribution in [0, 0.1) is 23.2 Å². The Labute approximate surface area is 200 Å². The molecule has 7 heteroatoms. The molecule has 0 atom stereocenters. The molecule has 4 aliphatic carbocycles. The van der Waals surface area contributed by atoms with Crippen molar-refractivity contribution in [3.8, 4) is 0 Å². The van der Waals surface area contributed by atoms with E-state index in [1.807, 2.05) is 18.2 Å². The molecule has 1 heterocycles. The maximum atomic E-state index is 13.3. The average Bonchev–Trinajstić information content (AvgIpc) is 3.26. The second kappa shape index (κ2) is 7.94. The molecule has 4 bridgehead atoms. The first kappa shape index (κ1) is 21.8. The zero-order chi connectivity index (χ0) is 23.5. The minimum Gasteiger partial charge on any atom is -0.454 e. The lowest BCUT2D eigenvalue weighted by Gasteiger charge is -2.55. The van der Waals surface area contributed by atoms with E-state index in [1.54, 1.807) is 12.1 Å². The lowest BCUT2D eigenvalue weighted by atomic mass is 9.48. The summed E-state index contributed by atoms with van der Waals surface area (Å²) in [5, 5.41) is 0. The molecule has 34 heavy (non-hydrogen) atoms.